The van der Waals surface area contributed by atoms with Crippen molar-refractivity contribution in [3.8, 4) is 0 Å². The van der Waals surface area contributed by atoms with Crippen LogP contribution in [0.25, 0.3) is 0 Å². The molecule has 4 atom stereocenters. The zero-order valence-corrected chi connectivity index (χ0v) is 18.6. The van der Waals surface area contributed by atoms with E-state index in [4.69, 9.17) is 14.6 Å². The first kappa shape index (κ1) is 26.4. The molecule has 29 heavy (non-hydrogen) atoms. The Balaban J connectivity index is 1.88. The molecule has 1 heterocycles. The van der Waals surface area contributed by atoms with Gasteiger partial charge in [0.25, 0.3) is 0 Å². The maximum Gasteiger partial charge on any atom is 0.154 e. The fraction of sp³-hybridized carbons (Fsp3) is 0.917. The third-order valence-electron chi connectivity index (χ3n) is 5.81. The van der Waals surface area contributed by atoms with E-state index >= 15 is 0 Å². The van der Waals surface area contributed by atoms with Gasteiger partial charge in [-0.2, -0.15) is 0 Å². The van der Waals surface area contributed by atoms with Gasteiger partial charge in [-0.25, -0.2) is 0 Å². The highest BCUT2D eigenvalue weighted by Gasteiger charge is 2.39. The zero-order chi connectivity index (χ0) is 21.2. The summed E-state index contributed by atoms with van der Waals surface area (Å²) in [7, 11) is 0. The van der Waals surface area contributed by atoms with Gasteiger partial charge >= 0.3 is 0 Å². The normalized spacial score (nSPS) is 25.0. The van der Waals surface area contributed by atoms with E-state index in [0.29, 0.717) is 0 Å². The quantitative estimate of drug-likeness (QED) is 0.220. The van der Waals surface area contributed by atoms with E-state index in [9.17, 15) is 10.2 Å². The molecule has 3 N–H and O–H groups in total. The average molecular weight is 415 g/mol. The second-order valence-corrected chi connectivity index (χ2v) is 8.47. The lowest BCUT2D eigenvalue weighted by molar-refractivity contribution is -0.197. The molecule has 1 aliphatic heterocycles. The third-order valence-corrected chi connectivity index (χ3v) is 5.81. The van der Waals surface area contributed by atoms with Crippen LogP contribution < -0.4 is 0 Å². The predicted octanol–water partition coefficient (Wildman–Crippen LogP) is 4.87. The van der Waals surface area contributed by atoms with Gasteiger partial charge in [0.15, 0.2) is 6.10 Å². The Morgan fingerprint density at radius 1 is 0.828 bits per heavy atom. The molecule has 1 rings (SSSR count). The molecule has 0 unspecified atom stereocenters. The van der Waals surface area contributed by atoms with E-state index < -0.39 is 24.4 Å². The first-order valence-corrected chi connectivity index (χ1v) is 12.1. The van der Waals surface area contributed by atoms with Crippen molar-refractivity contribution >= 4 is 0 Å². The van der Waals surface area contributed by atoms with Gasteiger partial charge in [0.2, 0.25) is 0 Å². The summed E-state index contributed by atoms with van der Waals surface area (Å²) in [5.74, 6) is 0. The van der Waals surface area contributed by atoms with Gasteiger partial charge in [0.1, 0.15) is 18.3 Å². The first-order valence-electron chi connectivity index (χ1n) is 12.1. The lowest BCUT2D eigenvalue weighted by Crippen LogP contribution is -2.54. The summed E-state index contributed by atoms with van der Waals surface area (Å²) >= 11 is 0. The van der Waals surface area contributed by atoms with Crippen molar-refractivity contribution in [2.45, 2.75) is 128 Å². The largest absolute Gasteiger partial charge is 0.493 e. The minimum Gasteiger partial charge on any atom is -0.493 e. The van der Waals surface area contributed by atoms with Crippen molar-refractivity contribution < 1.29 is 24.8 Å². The van der Waals surface area contributed by atoms with E-state index in [-0.39, 0.29) is 13.2 Å². The average Bonchev–Trinajstić information content (AvgIpc) is 2.72. The van der Waals surface area contributed by atoms with Crippen molar-refractivity contribution in [3.05, 3.63) is 12.3 Å². The Kier molecular flexibility index (Phi) is 16.6. The van der Waals surface area contributed by atoms with E-state index in [1.165, 1.54) is 83.5 Å². The molecule has 5 heteroatoms. The van der Waals surface area contributed by atoms with Gasteiger partial charge < -0.3 is 24.8 Å². The number of aliphatic hydroxyl groups excluding tert-OH is 3. The van der Waals surface area contributed by atoms with Crippen molar-refractivity contribution in [1.29, 1.82) is 0 Å². The highest BCUT2D eigenvalue weighted by Crippen LogP contribution is 2.19. The van der Waals surface area contributed by atoms with Crippen molar-refractivity contribution in [2.24, 2.45) is 0 Å². The van der Waals surface area contributed by atoms with Crippen LogP contribution in [0.3, 0.4) is 0 Å². The molecule has 0 amide bonds. The molecule has 0 spiro atoms. The molecule has 5 nitrogen and oxygen atoms in total. The van der Waals surface area contributed by atoms with E-state index in [0.717, 1.165) is 12.8 Å². The number of allylic oxidation sites excluding steroid dienone is 1. The summed E-state index contributed by atoms with van der Waals surface area (Å²) in [6.45, 7) is 2.06. The Labute approximate surface area is 178 Å². The molecular formula is C24H46O5. The molecule has 0 aliphatic carbocycles. The summed E-state index contributed by atoms with van der Waals surface area (Å²) in [5, 5.41) is 29.0. The summed E-state index contributed by atoms with van der Waals surface area (Å²) in [6, 6.07) is 0. The van der Waals surface area contributed by atoms with Crippen LogP contribution in [-0.4, -0.2) is 52.9 Å². The molecule has 172 valence electrons. The number of aliphatic hydroxyl groups is 3. The standard InChI is InChI=1S/C24H46O5/c1-2-3-4-5-6-7-8-9-10-11-12-13-14-15-16-17-18-28-24-21(26)20-29-22(19-25)23(24)27/h17-18,21-27H,2-16,19-20H2,1H3/b18-17+/t21-,22+,23+,24+/m1/s1. The van der Waals surface area contributed by atoms with Crippen LogP contribution in [0.1, 0.15) is 103 Å². The van der Waals surface area contributed by atoms with Gasteiger partial charge in [0, 0.05) is 0 Å². The van der Waals surface area contributed by atoms with Crippen LogP contribution in [-0.2, 0) is 9.47 Å². The molecule has 1 aliphatic rings. The van der Waals surface area contributed by atoms with Crippen LogP contribution in [0.15, 0.2) is 12.3 Å². The fourth-order valence-electron chi connectivity index (χ4n) is 3.86. The Morgan fingerprint density at radius 2 is 1.34 bits per heavy atom. The monoisotopic (exact) mass is 414 g/mol. The second-order valence-electron chi connectivity index (χ2n) is 8.47. The smallest absolute Gasteiger partial charge is 0.154 e. The van der Waals surface area contributed by atoms with Gasteiger partial charge in [-0.1, -0.05) is 90.4 Å². The summed E-state index contributed by atoms with van der Waals surface area (Å²) in [6.07, 6.45) is 20.1. The molecule has 0 saturated carbocycles. The molecule has 0 bridgehead atoms. The number of hydrogen-bond acceptors (Lipinski definition) is 5. The van der Waals surface area contributed by atoms with Gasteiger partial charge in [-0.05, 0) is 18.9 Å². The minimum absolute atomic E-state index is 0.0692. The minimum atomic E-state index is -1.02. The molecule has 0 aromatic carbocycles. The van der Waals surface area contributed by atoms with Crippen LogP contribution in [0.2, 0.25) is 0 Å². The Morgan fingerprint density at radius 3 is 1.86 bits per heavy atom. The molecule has 1 fully saturated rings. The Hall–Kier alpha value is -0.620. The first-order chi connectivity index (χ1) is 14.2. The van der Waals surface area contributed by atoms with Crippen molar-refractivity contribution in [1.82, 2.24) is 0 Å². The summed E-state index contributed by atoms with van der Waals surface area (Å²) < 4.78 is 10.7. The predicted molar refractivity (Wildman–Crippen MR) is 118 cm³/mol. The van der Waals surface area contributed by atoms with Crippen LogP contribution in [0.4, 0.5) is 0 Å². The van der Waals surface area contributed by atoms with E-state index in [1.54, 1.807) is 6.26 Å². The van der Waals surface area contributed by atoms with Crippen LogP contribution in [0.5, 0.6) is 0 Å². The maximum atomic E-state index is 10.0. The molecule has 0 aromatic heterocycles. The van der Waals surface area contributed by atoms with Crippen molar-refractivity contribution in [3.63, 3.8) is 0 Å². The molecule has 1 saturated heterocycles. The van der Waals surface area contributed by atoms with Gasteiger partial charge in [-0.15, -0.1) is 0 Å². The van der Waals surface area contributed by atoms with E-state index in [1.807, 2.05) is 6.08 Å². The zero-order valence-electron chi connectivity index (χ0n) is 18.6. The SMILES string of the molecule is CCCCCCCCCCCCCCCC/C=C/O[C@@H]1[C@@H](O)[C@H](CO)OC[C@H]1O. The molecule has 0 radical (unpaired) electrons. The second kappa shape index (κ2) is 18.2. The lowest BCUT2D eigenvalue weighted by Gasteiger charge is -2.36. The fourth-order valence-corrected chi connectivity index (χ4v) is 3.86. The molecular weight excluding hydrogens is 368 g/mol. The number of hydrogen-bond donors (Lipinski definition) is 3. The third kappa shape index (κ3) is 12.6. The van der Waals surface area contributed by atoms with Gasteiger partial charge in [-0.3, -0.25) is 0 Å². The lowest BCUT2D eigenvalue weighted by atomic mass is 10.0. The topological polar surface area (TPSA) is 79.2 Å². The number of rotatable bonds is 18. The summed E-state index contributed by atoms with van der Waals surface area (Å²) in [5.41, 5.74) is 0. The van der Waals surface area contributed by atoms with Crippen LogP contribution >= 0.6 is 0 Å². The Bertz CT molecular complexity index is 387. The van der Waals surface area contributed by atoms with Crippen LogP contribution in [0, 0.1) is 0 Å². The maximum absolute atomic E-state index is 10.0. The highest BCUT2D eigenvalue weighted by molar-refractivity contribution is 4.89. The molecule has 0 aromatic rings. The number of unbranched alkanes of at least 4 members (excludes halogenated alkanes) is 14. The van der Waals surface area contributed by atoms with Gasteiger partial charge in [0.05, 0.1) is 19.5 Å². The highest BCUT2D eigenvalue weighted by atomic mass is 16.6. The summed E-state index contributed by atoms with van der Waals surface area (Å²) in [4.78, 5) is 0. The number of ether oxygens (including phenoxy) is 2. The van der Waals surface area contributed by atoms with Crippen molar-refractivity contribution in [2.75, 3.05) is 13.2 Å². The van der Waals surface area contributed by atoms with E-state index in [2.05, 4.69) is 6.92 Å².